The van der Waals surface area contributed by atoms with Crippen molar-refractivity contribution < 1.29 is 0 Å². The highest BCUT2D eigenvalue weighted by molar-refractivity contribution is 6.35. The van der Waals surface area contributed by atoms with Crippen molar-refractivity contribution in [3.05, 3.63) is 102 Å². The highest BCUT2D eigenvalue weighted by Gasteiger charge is 2.13. The van der Waals surface area contributed by atoms with Gasteiger partial charge >= 0.3 is 0 Å². The molecule has 5 aromatic carbocycles. The van der Waals surface area contributed by atoms with Gasteiger partial charge in [0, 0.05) is 26.9 Å². The Morgan fingerprint density at radius 3 is 2.14 bits per heavy atom. The molecule has 0 spiro atoms. The number of halogens is 1. The summed E-state index contributed by atoms with van der Waals surface area (Å²) in [6.45, 7) is 0. The van der Waals surface area contributed by atoms with Crippen molar-refractivity contribution in [1.29, 1.82) is 0 Å². The van der Waals surface area contributed by atoms with E-state index in [1.165, 1.54) is 32.6 Å². The van der Waals surface area contributed by atoms with Crippen LogP contribution in [0, 0.1) is 0 Å². The molecule has 0 fully saturated rings. The number of rotatable bonds is 1. The molecule has 0 amide bonds. The van der Waals surface area contributed by atoms with Gasteiger partial charge in [-0.3, -0.25) is 0 Å². The molecular weight excluding hydrogens is 362 g/mol. The second kappa shape index (κ2) is 5.85. The summed E-state index contributed by atoms with van der Waals surface area (Å²) in [6, 6.07) is 34.4. The first kappa shape index (κ1) is 15.7. The standard InChI is InChI=1S/C26H16ClN/c27-24-10-5-8-19-14-20(12-13-21(19)24)28-25-11-4-3-9-22(25)23-15-17-6-1-2-7-18(17)16-26(23)28/h1-16H. The Hall–Kier alpha value is -3.29. The van der Waals surface area contributed by atoms with Gasteiger partial charge in [0.25, 0.3) is 0 Å². The molecule has 132 valence electrons. The number of para-hydroxylation sites is 1. The van der Waals surface area contributed by atoms with Crippen molar-refractivity contribution in [3.8, 4) is 5.69 Å². The second-order valence-corrected chi connectivity index (χ2v) is 7.62. The molecule has 1 heterocycles. The van der Waals surface area contributed by atoms with E-state index in [1.807, 2.05) is 12.1 Å². The lowest BCUT2D eigenvalue weighted by atomic mass is 10.1. The van der Waals surface area contributed by atoms with Crippen molar-refractivity contribution in [2.75, 3.05) is 0 Å². The predicted molar refractivity (Wildman–Crippen MR) is 121 cm³/mol. The molecular formula is C26H16ClN. The van der Waals surface area contributed by atoms with Gasteiger partial charge in [-0.2, -0.15) is 0 Å². The van der Waals surface area contributed by atoms with Crippen molar-refractivity contribution in [2.45, 2.75) is 0 Å². The highest BCUT2D eigenvalue weighted by atomic mass is 35.5. The zero-order chi connectivity index (χ0) is 18.7. The Bertz CT molecular complexity index is 1520. The van der Waals surface area contributed by atoms with Crippen molar-refractivity contribution in [2.24, 2.45) is 0 Å². The van der Waals surface area contributed by atoms with Crippen LogP contribution in [-0.2, 0) is 0 Å². The summed E-state index contributed by atoms with van der Waals surface area (Å²) in [6.07, 6.45) is 0. The molecule has 0 saturated heterocycles. The summed E-state index contributed by atoms with van der Waals surface area (Å²) in [5.41, 5.74) is 3.59. The zero-order valence-electron chi connectivity index (χ0n) is 15.1. The van der Waals surface area contributed by atoms with E-state index in [9.17, 15) is 0 Å². The lowest BCUT2D eigenvalue weighted by molar-refractivity contribution is 1.19. The van der Waals surface area contributed by atoms with Crippen LogP contribution in [0.15, 0.2) is 97.1 Å². The van der Waals surface area contributed by atoms with Crippen molar-refractivity contribution in [1.82, 2.24) is 4.57 Å². The zero-order valence-corrected chi connectivity index (χ0v) is 15.8. The van der Waals surface area contributed by atoms with Gasteiger partial charge in [-0.1, -0.05) is 72.3 Å². The van der Waals surface area contributed by atoms with E-state index < -0.39 is 0 Å². The van der Waals surface area contributed by atoms with Crippen LogP contribution >= 0.6 is 11.6 Å². The average Bonchev–Trinajstić information content (AvgIpc) is 3.05. The highest BCUT2D eigenvalue weighted by Crippen LogP contribution is 2.35. The van der Waals surface area contributed by atoms with Gasteiger partial charge in [0.2, 0.25) is 0 Å². The molecule has 0 radical (unpaired) electrons. The Morgan fingerprint density at radius 1 is 0.500 bits per heavy atom. The molecule has 0 atom stereocenters. The van der Waals surface area contributed by atoms with Gasteiger partial charge in [-0.15, -0.1) is 0 Å². The first-order valence-corrected chi connectivity index (χ1v) is 9.78. The summed E-state index contributed by atoms with van der Waals surface area (Å²) in [4.78, 5) is 0. The maximum absolute atomic E-state index is 6.38. The fourth-order valence-corrected chi connectivity index (χ4v) is 4.55. The summed E-state index contributed by atoms with van der Waals surface area (Å²) in [7, 11) is 0. The lowest BCUT2D eigenvalue weighted by Crippen LogP contribution is -1.94. The van der Waals surface area contributed by atoms with E-state index in [-0.39, 0.29) is 0 Å². The van der Waals surface area contributed by atoms with E-state index in [2.05, 4.69) is 89.5 Å². The van der Waals surface area contributed by atoms with Crippen LogP contribution in [0.1, 0.15) is 0 Å². The first-order chi connectivity index (χ1) is 13.8. The van der Waals surface area contributed by atoms with Gasteiger partial charge in [-0.25, -0.2) is 0 Å². The second-order valence-electron chi connectivity index (χ2n) is 7.21. The van der Waals surface area contributed by atoms with Gasteiger partial charge in [0.15, 0.2) is 0 Å². The summed E-state index contributed by atoms with van der Waals surface area (Å²) in [5, 5.41) is 8.09. The molecule has 0 unspecified atom stereocenters. The molecule has 0 aliphatic carbocycles. The van der Waals surface area contributed by atoms with Crippen molar-refractivity contribution >= 4 is 55.0 Å². The maximum atomic E-state index is 6.38. The molecule has 0 aliphatic heterocycles. The molecule has 0 aliphatic rings. The predicted octanol–water partition coefficient (Wildman–Crippen LogP) is 7.74. The maximum Gasteiger partial charge on any atom is 0.0547 e. The Labute approximate surface area is 167 Å². The van der Waals surface area contributed by atoms with Gasteiger partial charge < -0.3 is 4.57 Å². The summed E-state index contributed by atoms with van der Waals surface area (Å²) in [5.74, 6) is 0. The fraction of sp³-hybridized carbons (Fsp3) is 0. The topological polar surface area (TPSA) is 4.93 Å². The number of nitrogens with zero attached hydrogens (tertiary/aromatic N) is 1. The molecule has 2 heteroatoms. The molecule has 1 aromatic heterocycles. The largest absolute Gasteiger partial charge is 0.309 e. The molecule has 6 rings (SSSR count). The Balaban J connectivity index is 1.77. The van der Waals surface area contributed by atoms with Crippen LogP contribution in [0.4, 0.5) is 0 Å². The molecule has 6 aromatic rings. The van der Waals surface area contributed by atoms with E-state index in [0.29, 0.717) is 0 Å². The summed E-state index contributed by atoms with van der Waals surface area (Å²) < 4.78 is 2.36. The number of benzene rings is 5. The van der Waals surface area contributed by atoms with E-state index in [4.69, 9.17) is 11.6 Å². The van der Waals surface area contributed by atoms with Crippen LogP contribution in [0.5, 0.6) is 0 Å². The number of hydrogen-bond donors (Lipinski definition) is 0. The molecule has 0 saturated carbocycles. The van der Waals surface area contributed by atoms with Gasteiger partial charge in [0.1, 0.15) is 0 Å². The normalized spacial score (nSPS) is 11.8. The quantitative estimate of drug-likeness (QED) is 0.276. The van der Waals surface area contributed by atoms with Crippen LogP contribution in [0.2, 0.25) is 5.02 Å². The van der Waals surface area contributed by atoms with Crippen LogP contribution in [0.25, 0.3) is 49.0 Å². The van der Waals surface area contributed by atoms with E-state index in [1.54, 1.807) is 0 Å². The third-order valence-corrected chi connectivity index (χ3v) is 5.94. The van der Waals surface area contributed by atoms with Crippen LogP contribution < -0.4 is 0 Å². The van der Waals surface area contributed by atoms with Gasteiger partial charge in [0.05, 0.1) is 11.0 Å². The smallest absolute Gasteiger partial charge is 0.0547 e. The molecule has 0 N–H and O–H groups in total. The Morgan fingerprint density at radius 2 is 1.25 bits per heavy atom. The molecule has 0 bridgehead atoms. The molecule has 1 nitrogen and oxygen atoms in total. The van der Waals surface area contributed by atoms with E-state index >= 15 is 0 Å². The third-order valence-electron chi connectivity index (χ3n) is 5.61. The average molecular weight is 378 g/mol. The third kappa shape index (κ3) is 2.20. The Kier molecular flexibility index (Phi) is 3.29. The van der Waals surface area contributed by atoms with Crippen LogP contribution in [-0.4, -0.2) is 4.57 Å². The minimum Gasteiger partial charge on any atom is -0.309 e. The van der Waals surface area contributed by atoms with Crippen LogP contribution in [0.3, 0.4) is 0 Å². The van der Waals surface area contributed by atoms with Gasteiger partial charge in [-0.05, 0) is 52.6 Å². The first-order valence-electron chi connectivity index (χ1n) is 9.40. The number of aromatic nitrogens is 1. The minimum atomic E-state index is 0.789. The molecule has 28 heavy (non-hydrogen) atoms. The lowest BCUT2D eigenvalue weighted by Gasteiger charge is -2.10. The number of hydrogen-bond acceptors (Lipinski definition) is 0. The number of fused-ring (bicyclic) bond motifs is 5. The van der Waals surface area contributed by atoms with Crippen molar-refractivity contribution in [3.63, 3.8) is 0 Å². The fourth-order valence-electron chi connectivity index (χ4n) is 4.30. The van der Waals surface area contributed by atoms with E-state index in [0.717, 1.165) is 21.5 Å². The minimum absolute atomic E-state index is 0.789. The monoisotopic (exact) mass is 377 g/mol. The summed E-state index contributed by atoms with van der Waals surface area (Å²) >= 11 is 6.38. The SMILES string of the molecule is Clc1cccc2cc(-n3c4ccccc4c4cc5ccccc5cc43)ccc12.